The number of nitrogens with zero attached hydrogens (tertiary/aromatic N) is 1. The number of aryl methyl sites for hydroxylation is 1. The summed E-state index contributed by atoms with van der Waals surface area (Å²) in [6.45, 7) is 0. The summed E-state index contributed by atoms with van der Waals surface area (Å²) >= 11 is 1.57. The number of carbonyl (C=O) groups is 1. The summed E-state index contributed by atoms with van der Waals surface area (Å²) in [5.74, 6) is -0.634. The number of thiophene rings is 1. The van der Waals surface area contributed by atoms with Crippen LogP contribution in [0.2, 0.25) is 0 Å². The van der Waals surface area contributed by atoms with Gasteiger partial charge in [0.2, 0.25) is 5.43 Å². The molecule has 6 nitrogen and oxygen atoms in total. The van der Waals surface area contributed by atoms with E-state index < -0.39 is 17.5 Å². The van der Waals surface area contributed by atoms with Gasteiger partial charge in [-0.15, -0.1) is 11.3 Å². The number of benzene rings is 1. The minimum Gasteiger partial charge on any atom is -0.494 e. The van der Waals surface area contributed by atoms with E-state index in [4.69, 9.17) is 4.74 Å². The lowest BCUT2D eigenvalue weighted by Gasteiger charge is -2.17. The van der Waals surface area contributed by atoms with Crippen LogP contribution in [-0.2, 0) is 6.42 Å². The van der Waals surface area contributed by atoms with Crippen LogP contribution in [0.15, 0.2) is 29.2 Å². The number of hydrogen-bond donors (Lipinski definition) is 2. The van der Waals surface area contributed by atoms with Crippen LogP contribution >= 0.6 is 11.3 Å². The molecule has 1 aromatic carbocycles. The van der Waals surface area contributed by atoms with Crippen molar-refractivity contribution in [3.05, 3.63) is 50.6 Å². The molecule has 1 unspecified atom stereocenters. The highest BCUT2D eigenvalue weighted by Gasteiger charge is 2.30. The Balaban J connectivity index is 1.79. The third kappa shape index (κ3) is 2.88. The van der Waals surface area contributed by atoms with Gasteiger partial charge >= 0.3 is 5.97 Å². The molecular formula is C22H21NO5S. The first kappa shape index (κ1) is 18.4. The van der Waals surface area contributed by atoms with Crippen LogP contribution in [-0.4, -0.2) is 27.9 Å². The average molecular weight is 411 g/mol. The van der Waals surface area contributed by atoms with Gasteiger partial charge in [0, 0.05) is 27.6 Å². The lowest BCUT2D eigenvalue weighted by molar-refractivity contribution is 0.0694. The Morgan fingerprint density at radius 1 is 1.28 bits per heavy atom. The molecule has 150 valence electrons. The van der Waals surface area contributed by atoms with E-state index in [1.54, 1.807) is 24.5 Å². The molecule has 1 saturated carbocycles. The van der Waals surface area contributed by atoms with E-state index in [9.17, 15) is 19.8 Å². The van der Waals surface area contributed by atoms with Crippen molar-refractivity contribution in [2.45, 2.75) is 44.2 Å². The molecule has 0 aliphatic heterocycles. The Kier molecular flexibility index (Phi) is 4.26. The van der Waals surface area contributed by atoms with Gasteiger partial charge in [-0.25, -0.2) is 4.79 Å². The van der Waals surface area contributed by atoms with Crippen LogP contribution in [0.1, 0.15) is 58.6 Å². The van der Waals surface area contributed by atoms with Crippen molar-refractivity contribution in [1.82, 2.24) is 4.57 Å². The summed E-state index contributed by atoms with van der Waals surface area (Å²) in [6, 6.07) is 5.82. The van der Waals surface area contributed by atoms with E-state index in [-0.39, 0.29) is 11.6 Å². The number of rotatable bonds is 4. The first-order valence-electron chi connectivity index (χ1n) is 9.79. The summed E-state index contributed by atoms with van der Waals surface area (Å²) < 4.78 is 7.68. The number of pyridine rings is 1. The molecule has 29 heavy (non-hydrogen) atoms. The van der Waals surface area contributed by atoms with Gasteiger partial charge in [0.25, 0.3) is 0 Å². The van der Waals surface area contributed by atoms with Crippen LogP contribution < -0.4 is 10.2 Å². The molecule has 1 atom stereocenters. The van der Waals surface area contributed by atoms with Gasteiger partial charge in [-0.1, -0.05) is 0 Å². The van der Waals surface area contributed by atoms with Gasteiger partial charge in [0.1, 0.15) is 5.56 Å². The van der Waals surface area contributed by atoms with Gasteiger partial charge in [0.15, 0.2) is 5.75 Å². The summed E-state index contributed by atoms with van der Waals surface area (Å²) in [6.07, 6.45) is 5.63. The van der Waals surface area contributed by atoms with Crippen molar-refractivity contribution in [3.8, 4) is 16.2 Å². The predicted octanol–water partition coefficient (Wildman–Crippen LogP) is 4.14. The highest BCUT2D eigenvalue weighted by Crippen LogP contribution is 2.46. The molecule has 2 aromatic heterocycles. The van der Waals surface area contributed by atoms with Gasteiger partial charge in [-0.05, 0) is 55.9 Å². The zero-order valence-electron chi connectivity index (χ0n) is 16.0. The zero-order valence-corrected chi connectivity index (χ0v) is 16.8. The number of hydrogen-bond acceptors (Lipinski definition) is 5. The van der Waals surface area contributed by atoms with Crippen LogP contribution in [0.3, 0.4) is 0 Å². The summed E-state index contributed by atoms with van der Waals surface area (Å²) in [4.78, 5) is 26.4. The van der Waals surface area contributed by atoms with Gasteiger partial charge < -0.3 is 19.5 Å². The molecule has 0 saturated heterocycles. The lowest BCUT2D eigenvalue weighted by atomic mass is 9.96. The van der Waals surface area contributed by atoms with Gasteiger partial charge in [0.05, 0.1) is 24.1 Å². The SMILES string of the molecule is COc1c(-c2cc3c(s2)C(O)CCC3)ccc2c(=O)c(C(=O)O)cn(C3CC3)c12. The van der Waals surface area contributed by atoms with Crippen molar-refractivity contribution in [2.24, 2.45) is 0 Å². The quantitative estimate of drug-likeness (QED) is 0.674. The van der Waals surface area contributed by atoms with Crippen molar-refractivity contribution in [2.75, 3.05) is 7.11 Å². The second kappa shape index (κ2) is 6.71. The molecule has 7 heteroatoms. The topological polar surface area (TPSA) is 88.8 Å². The standard InChI is InChI=1S/C22H21NO5S/c1-28-20-13(17-9-11-3-2-4-16(24)21(11)29-17)7-8-14-18(20)23(12-5-6-12)10-15(19(14)25)22(26)27/h7-10,12,16,24H,2-6H2,1H3,(H,26,27). The molecule has 2 N–H and O–H groups in total. The van der Waals surface area contributed by atoms with Crippen molar-refractivity contribution < 1.29 is 19.7 Å². The Labute approximate surface area is 171 Å². The van der Waals surface area contributed by atoms with E-state index in [2.05, 4.69) is 6.07 Å². The minimum atomic E-state index is -1.21. The summed E-state index contributed by atoms with van der Waals surface area (Å²) in [7, 11) is 1.58. The molecule has 3 aromatic rings. The number of carboxylic acids is 1. The van der Waals surface area contributed by atoms with Crippen LogP contribution in [0.25, 0.3) is 21.3 Å². The largest absolute Gasteiger partial charge is 0.494 e. The smallest absolute Gasteiger partial charge is 0.341 e. The van der Waals surface area contributed by atoms with Crippen molar-refractivity contribution in [1.29, 1.82) is 0 Å². The van der Waals surface area contributed by atoms with E-state index in [1.165, 1.54) is 11.8 Å². The Hall–Kier alpha value is -2.64. The highest BCUT2D eigenvalue weighted by atomic mass is 32.1. The van der Waals surface area contributed by atoms with E-state index in [1.807, 2.05) is 10.6 Å². The minimum absolute atomic E-state index is 0.179. The molecule has 1 fully saturated rings. The second-order valence-electron chi connectivity index (χ2n) is 7.77. The van der Waals surface area contributed by atoms with E-state index >= 15 is 0 Å². The fourth-order valence-electron chi connectivity index (χ4n) is 4.28. The Morgan fingerprint density at radius 3 is 2.72 bits per heavy atom. The second-order valence-corrected chi connectivity index (χ2v) is 8.85. The number of aliphatic hydroxyl groups is 1. The number of aromatic nitrogens is 1. The first-order chi connectivity index (χ1) is 14.0. The normalized spacial score (nSPS) is 18.6. The van der Waals surface area contributed by atoms with Crippen LogP contribution in [0, 0.1) is 0 Å². The number of aliphatic hydroxyl groups excluding tert-OH is 1. The summed E-state index contributed by atoms with van der Waals surface area (Å²) in [5, 5.41) is 20.2. The fourth-order valence-corrected chi connectivity index (χ4v) is 5.54. The number of aromatic carboxylic acids is 1. The number of methoxy groups -OCH3 is 1. The molecule has 0 spiro atoms. The lowest BCUT2D eigenvalue weighted by Crippen LogP contribution is -2.19. The molecule has 2 aliphatic carbocycles. The van der Waals surface area contributed by atoms with Crippen molar-refractivity contribution in [3.63, 3.8) is 0 Å². The molecule has 2 heterocycles. The maximum atomic E-state index is 12.8. The average Bonchev–Trinajstić information content (AvgIpc) is 3.45. The Morgan fingerprint density at radius 2 is 2.07 bits per heavy atom. The molecule has 0 amide bonds. The fraction of sp³-hybridized carbons (Fsp3) is 0.364. The molecule has 0 radical (unpaired) electrons. The third-order valence-electron chi connectivity index (χ3n) is 5.86. The highest BCUT2D eigenvalue weighted by molar-refractivity contribution is 7.15. The molecule has 2 aliphatic rings. The monoisotopic (exact) mass is 411 g/mol. The van der Waals surface area contributed by atoms with E-state index in [0.717, 1.165) is 47.4 Å². The summed E-state index contributed by atoms with van der Waals surface area (Å²) in [5.41, 5.74) is 1.98. The molecular weight excluding hydrogens is 390 g/mol. The zero-order chi connectivity index (χ0) is 20.3. The first-order valence-corrected chi connectivity index (χ1v) is 10.6. The van der Waals surface area contributed by atoms with E-state index in [0.29, 0.717) is 16.7 Å². The number of ether oxygens (including phenoxy) is 1. The maximum Gasteiger partial charge on any atom is 0.341 e. The molecule has 0 bridgehead atoms. The number of fused-ring (bicyclic) bond motifs is 2. The van der Waals surface area contributed by atoms with Gasteiger partial charge in [-0.3, -0.25) is 4.79 Å². The number of carboxylic acid groups (broad SMARTS) is 1. The maximum absolute atomic E-state index is 12.8. The van der Waals surface area contributed by atoms with Gasteiger partial charge in [-0.2, -0.15) is 0 Å². The Bertz CT molecular complexity index is 1200. The predicted molar refractivity (Wildman–Crippen MR) is 111 cm³/mol. The van der Waals surface area contributed by atoms with Crippen molar-refractivity contribution >= 4 is 28.2 Å². The van der Waals surface area contributed by atoms with Crippen LogP contribution in [0.5, 0.6) is 5.75 Å². The van der Waals surface area contributed by atoms with Crippen LogP contribution in [0.4, 0.5) is 0 Å². The third-order valence-corrected chi connectivity index (χ3v) is 7.17. The molecule has 5 rings (SSSR count).